The molecule has 0 radical (unpaired) electrons. The topological polar surface area (TPSA) is 64.9 Å². The van der Waals surface area contributed by atoms with E-state index in [1.165, 1.54) is 5.57 Å². The number of rotatable bonds is 3. The molecule has 1 aliphatic carbocycles. The van der Waals surface area contributed by atoms with Crippen molar-refractivity contribution in [3.8, 4) is 5.75 Å². The number of phenols is 1. The number of carbonyl (C=O) groups is 1. The van der Waals surface area contributed by atoms with E-state index in [1.807, 2.05) is 12.1 Å². The molecule has 122 valence electrons. The molecule has 1 unspecified atom stereocenters. The van der Waals surface area contributed by atoms with Gasteiger partial charge in [-0.05, 0) is 36.1 Å². The van der Waals surface area contributed by atoms with E-state index in [0.29, 0.717) is 13.0 Å². The lowest BCUT2D eigenvalue weighted by Gasteiger charge is -2.23. The molecule has 4 rings (SSSR count). The van der Waals surface area contributed by atoms with Crippen molar-refractivity contribution in [1.29, 1.82) is 0 Å². The SMILES string of the molecule is O=C1C(Cc2ccc(O)cc2)NC2=CN=C(C3=CC=CCC3)CN12. The zero-order chi connectivity index (χ0) is 16.5. The summed E-state index contributed by atoms with van der Waals surface area (Å²) in [7, 11) is 0. The van der Waals surface area contributed by atoms with E-state index in [-0.39, 0.29) is 17.7 Å². The number of carbonyl (C=O) groups excluding carboxylic acids is 1. The van der Waals surface area contributed by atoms with Gasteiger partial charge in [-0.15, -0.1) is 0 Å². The third-order valence-corrected chi connectivity index (χ3v) is 4.59. The van der Waals surface area contributed by atoms with Gasteiger partial charge in [0, 0.05) is 6.42 Å². The maximum atomic E-state index is 12.7. The second-order valence-electron chi connectivity index (χ2n) is 6.24. The summed E-state index contributed by atoms with van der Waals surface area (Å²) in [5.74, 6) is 1.09. The lowest BCUT2D eigenvalue weighted by atomic mass is 9.99. The number of phenolic OH excluding ortho intramolecular Hbond substituents is 1. The fourth-order valence-electron chi connectivity index (χ4n) is 3.26. The lowest BCUT2D eigenvalue weighted by molar-refractivity contribution is -0.127. The molecule has 24 heavy (non-hydrogen) atoms. The molecule has 0 aromatic heterocycles. The molecule has 0 saturated carbocycles. The van der Waals surface area contributed by atoms with E-state index >= 15 is 0 Å². The normalized spacial score (nSPS) is 22.5. The molecule has 1 aromatic carbocycles. The van der Waals surface area contributed by atoms with Crippen LogP contribution in [0.1, 0.15) is 18.4 Å². The number of nitrogens with one attached hydrogen (secondary N) is 1. The van der Waals surface area contributed by atoms with Crippen molar-refractivity contribution < 1.29 is 9.90 Å². The number of hydrogen-bond acceptors (Lipinski definition) is 4. The molecule has 1 fully saturated rings. The van der Waals surface area contributed by atoms with E-state index in [0.717, 1.165) is 29.9 Å². The molecule has 0 bridgehead atoms. The van der Waals surface area contributed by atoms with Crippen molar-refractivity contribution in [2.75, 3.05) is 6.54 Å². The average Bonchev–Trinajstić information content (AvgIpc) is 2.93. The molecule has 2 heterocycles. The van der Waals surface area contributed by atoms with E-state index in [1.54, 1.807) is 23.2 Å². The number of benzene rings is 1. The standard InChI is InChI=1S/C19H19N3O2/c23-15-8-6-13(7-9-15)10-16-19(24)22-12-17(20-11-18(22)21-16)14-4-2-1-3-5-14/h1-2,4,6-9,11,16,21,23H,3,5,10,12H2. The summed E-state index contributed by atoms with van der Waals surface area (Å²) in [6.45, 7) is 0.531. The number of allylic oxidation sites excluding steroid dienone is 3. The fraction of sp³-hybridized carbons (Fsp3) is 0.263. The number of aromatic hydroxyl groups is 1. The second-order valence-corrected chi connectivity index (χ2v) is 6.24. The third kappa shape index (κ3) is 2.73. The average molecular weight is 321 g/mol. The Bertz CT molecular complexity index is 787. The Morgan fingerprint density at radius 3 is 2.88 bits per heavy atom. The number of hydrogen-bond donors (Lipinski definition) is 2. The van der Waals surface area contributed by atoms with Crippen molar-refractivity contribution in [3.05, 3.63) is 65.7 Å². The summed E-state index contributed by atoms with van der Waals surface area (Å²) in [6.07, 6.45) is 10.6. The van der Waals surface area contributed by atoms with Crippen molar-refractivity contribution in [2.24, 2.45) is 4.99 Å². The van der Waals surface area contributed by atoms with Crippen LogP contribution in [0.15, 0.2) is 65.1 Å². The van der Waals surface area contributed by atoms with Gasteiger partial charge in [-0.1, -0.05) is 30.4 Å². The van der Waals surface area contributed by atoms with Crippen LogP contribution in [0.5, 0.6) is 5.75 Å². The van der Waals surface area contributed by atoms with Crippen LogP contribution in [0.3, 0.4) is 0 Å². The van der Waals surface area contributed by atoms with Crippen LogP contribution >= 0.6 is 0 Å². The molecule has 3 aliphatic rings. The zero-order valence-corrected chi connectivity index (χ0v) is 13.3. The van der Waals surface area contributed by atoms with E-state index in [9.17, 15) is 9.90 Å². The fourth-order valence-corrected chi connectivity index (χ4v) is 3.26. The van der Waals surface area contributed by atoms with Gasteiger partial charge in [0.25, 0.3) is 5.91 Å². The summed E-state index contributed by atoms with van der Waals surface area (Å²) >= 11 is 0. The Hall–Kier alpha value is -2.82. The first-order chi connectivity index (χ1) is 11.7. The minimum atomic E-state index is -0.282. The van der Waals surface area contributed by atoms with Crippen LogP contribution in [-0.2, 0) is 11.2 Å². The van der Waals surface area contributed by atoms with Gasteiger partial charge >= 0.3 is 0 Å². The summed E-state index contributed by atoms with van der Waals surface area (Å²) in [5.41, 5.74) is 3.20. The Balaban J connectivity index is 1.48. The molecule has 2 aliphatic heterocycles. The van der Waals surface area contributed by atoms with Gasteiger partial charge in [0.1, 0.15) is 17.6 Å². The summed E-state index contributed by atoms with van der Waals surface area (Å²) in [6, 6.07) is 6.70. The van der Waals surface area contributed by atoms with Gasteiger partial charge in [0.2, 0.25) is 0 Å². The van der Waals surface area contributed by atoms with Crippen molar-refractivity contribution >= 4 is 11.6 Å². The molecule has 2 N–H and O–H groups in total. The maximum absolute atomic E-state index is 12.7. The highest BCUT2D eigenvalue weighted by molar-refractivity contribution is 6.05. The third-order valence-electron chi connectivity index (χ3n) is 4.59. The highest BCUT2D eigenvalue weighted by atomic mass is 16.3. The lowest BCUT2D eigenvalue weighted by Crippen LogP contribution is -2.36. The Labute approximate surface area is 140 Å². The summed E-state index contributed by atoms with van der Waals surface area (Å²) < 4.78 is 0. The van der Waals surface area contributed by atoms with E-state index in [2.05, 4.69) is 28.5 Å². The molecule has 1 atom stereocenters. The molecule has 1 saturated heterocycles. The van der Waals surface area contributed by atoms with Crippen LogP contribution in [0, 0.1) is 0 Å². The Morgan fingerprint density at radius 2 is 2.12 bits per heavy atom. The van der Waals surface area contributed by atoms with E-state index < -0.39 is 0 Å². The second kappa shape index (κ2) is 6.00. The van der Waals surface area contributed by atoms with Crippen molar-refractivity contribution in [1.82, 2.24) is 10.2 Å². The molecule has 5 nitrogen and oxygen atoms in total. The smallest absolute Gasteiger partial charge is 0.251 e. The number of aliphatic imine (C=N–C) groups is 1. The van der Waals surface area contributed by atoms with Gasteiger partial charge in [-0.2, -0.15) is 0 Å². The largest absolute Gasteiger partial charge is 0.508 e. The number of nitrogens with zero attached hydrogens (tertiary/aromatic N) is 2. The van der Waals surface area contributed by atoms with Crippen molar-refractivity contribution in [2.45, 2.75) is 25.3 Å². The van der Waals surface area contributed by atoms with Crippen LogP contribution in [-0.4, -0.2) is 34.2 Å². The van der Waals surface area contributed by atoms with E-state index in [4.69, 9.17) is 0 Å². The van der Waals surface area contributed by atoms with Crippen LogP contribution in [0.4, 0.5) is 0 Å². The predicted octanol–water partition coefficient (Wildman–Crippen LogP) is 2.27. The minimum Gasteiger partial charge on any atom is -0.508 e. The zero-order valence-electron chi connectivity index (χ0n) is 13.3. The van der Waals surface area contributed by atoms with Gasteiger partial charge in [-0.3, -0.25) is 14.7 Å². The van der Waals surface area contributed by atoms with Crippen molar-refractivity contribution in [3.63, 3.8) is 0 Å². The quantitative estimate of drug-likeness (QED) is 0.897. The van der Waals surface area contributed by atoms with Gasteiger partial charge in [0.05, 0.1) is 18.5 Å². The maximum Gasteiger partial charge on any atom is 0.251 e. The first-order valence-electron chi connectivity index (χ1n) is 8.19. The van der Waals surface area contributed by atoms with Crippen LogP contribution < -0.4 is 5.32 Å². The number of fused-ring (bicyclic) bond motifs is 1. The Morgan fingerprint density at radius 1 is 1.29 bits per heavy atom. The van der Waals surface area contributed by atoms with Gasteiger partial charge < -0.3 is 10.4 Å². The van der Waals surface area contributed by atoms with Crippen LogP contribution in [0.2, 0.25) is 0 Å². The van der Waals surface area contributed by atoms with Crippen LogP contribution in [0.25, 0.3) is 0 Å². The molecular weight excluding hydrogens is 302 g/mol. The monoisotopic (exact) mass is 321 g/mol. The highest BCUT2D eigenvalue weighted by Gasteiger charge is 2.37. The molecule has 1 amide bonds. The highest BCUT2D eigenvalue weighted by Crippen LogP contribution is 2.24. The predicted molar refractivity (Wildman–Crippen MR) is 92.4 cm³/mol. The Kier molecular flexibility index (Phi) is 3.69. The molecule has 0 spiro atoms. The summed E-state index contributed by atoms with van der Waals surface area (Å²) in [5, 5.41) is 12.6. The first-order valence-corrected chi connectivity index (χ1v) is 8.19. The van der Waals surface area contributed by atoms with Gasteiger partial charge in [0.15, 0.2) is 0 Å². The molecule has 1 aromatic rings. The van der Waals surface area contributed by atoms with Gasteiger partial charge in [-0.25, -0.2) is 0 Å². The minimum absolute atomic E-state index is 0.0775. The number of amides is 1. The molecule has 5 heteroatoms. The first kappa shape index (κ1) is 14.8. The molecular formula is C19H19N3O2. The summed E-state index contributed by atoms with van der Waals surface area (Å²) in [4.78, 5) is 19.1.